The quantitative estimate of drug-likeness (QED) is 0.290. The van der Waals surface area contributed by atoms with Crippen molar-refractivity contribution >= 4 is 28.0 Å². The number of ether oxygens (including phenoxy) is 1. The van der Waals surface area contributed by atoms with Gasteiger partial charge in [-0.3, -0.25) is 4.79 Å². The second-order valence-corrected chi connectivity index (χ2v) is 12.3. The molecule has 9 nitrogen and oxygen atoms in total. The molecule has 4 heterocycles. The molecule has 10 heteroatoms. The number of phenolic OH excluding ortho intramolecular Hbond substituents is 1. The van der Waals surface area contributed by atoms with Crippen LogP contribution in [0.1, 0.15) is 36.0 Å². The summed E-state index contributed by atoms with van der Waals surface area (Å²) >= 11 is 0. The summed E-state index contributed by atoms with van der Waals surface area (Å²) in [5.41, 5.74) is 11.4. The number of rotatable bonds is 6. The van der Waals surface area contributed by atoms with Crippen molar-refractivity contribution in [3.8, 4) is 34.3 Å². The lowest BCUT2D eigenvalue weighted by Crippen LogP contribution is -2.41. The lowest BCUT2D eigenvalue weighted by Gasteiger charge is -2.27. The highest BCUT2D eigenvalue weighted by Crippen LogP contribution is 2.40. The van der Waals surface area contributed by atoms with Gasteiger partial charge in [0.25, 0.3) is 5.91 Å². The molecule has 3 fully saturated rings. The topological polar surface area (TPSA) is 111 Å². The molecule has 3 N–H and O–H groups in total. The van der Waals surface area contributed by atoms with E-state index in [4.69, 9.17) is 20.4 Å². The SMILES string of the molecule is COc1cc(C(=O)N2CC3CCC2[C@@H]3N)cc2nc(-c3cc4ccc(-c5ccc(O)c(F)c5)nc4n3CC3CC3)n(C)c12. The second kappa shape index (κ2) is 9.54. The zero-order chi connectivity index (χ0) is 29.6. The third-order valence-corrected chi connectivity index (χ3v) is 9.67. The number of nitrogens with zero attached hydrogens (tertiary/aromatic N) is 5. The van der Waals surface area contributed by atoms with Crippen LogP contribution in [0.4, 0.5) is 4.39 Å². The Morgan fingerprint density at radius 1 is 1.09 bits per heavy atom. The molecule has 2 aliphatic carbocycles. The van der Waals surface area contributed by atoms with E-state index in [9.17, 15) is 14.3 Å². The van der Waals surface area contributed by atoms with Gasteiger partial charge in [-0.15, -0.1) is 0 Å². The van der Waals surface area contributed by atoms with Gasteiger partial charge in [0.1, 0.15) is 16.9 Å². The highest BCUT2D eigenvalue weighted by atomic mass is 19.1. The average molecular weight is 581 g/mol. The van der Waals surface area contributed by atoms with Gasteiger partial charge < -0.3 is 29.6 Å². The number of carbonyl (C=O) groups excluding carboxylic acids is 1. The number of benzene rings is 2. The highest BCUT2D eigenvalue weighted by molar-refractivity contribution is 6.00. The molecule has 2 saturated carbocycles. The molecule has 3 aromatic heterocycles. The van der Waals surface area contributed by atoms with E-state index in [-0.39, 0.29) is 23.7 Å². The second-order valence-electron chi connectivity index (χ2n) is 12.3. The molecule has 0 spiro atoms. The van der Waals surface area contributed by atoms with Gasteiger partial charge in [0.05, 0.1) is 24.0 Å². The Labute approximate surface area is 247 Å². The summed E-state index contributed by atoms with van der Waals surface area (Å²) in [5.74, 6) is 1.17. The van der Waals surface area contributed by atoms with Crippen molar-refractivity contribution in [2.75, 3.05) is 13.7 Å². The minimum atomic E-state index is -0.681. The summed E-state index contributed by atoms with van der Waals surface area (Å²) in [5, 5.41) is 10.6. The highest BCUT2D eigenvalue weighted by Gasteiger charge is 2.47. The summed E-state index contributed by atoms with van der Waals surface area (Å²) in [6, 6.07) is 14.1. The number of amides is 1. The summed E-state index contributed by atoms with van der Waals surface area (Å²) in [6.07, 6.45) is 4.35. The molecule has 220 valence electrons. The van der Waals surface area contributed by atoms with Gasteiger partial charge in [-0.1, -0.05) is 0 Å². The smallest absolute Gasteiger partial charge is 0.254 e. The monoisotopic (exact) mass is 580 g/mol. The van der Waals surface area contributed by atoms with E-state index in [0.717, 1.165) is 60.3 Å². The number of aryl methyl sites for hydroxylation is 1. The van der Waals surface area contributed by atoms with Crippen LogP contribution in [0, 0.1) is 17.7 Å². The van der Waals surface area contributed by atoms with Gasteiger partial charge in [-0.05, 0) is 86.1 Å². The van der Waals surface area contributed by atoms with E-state index in [1.165, 1.54) is 12.1 Å². The number of aromatic nitrogens is 4. The Hall–Kier alpha value is -4.44. The van der Waals surface area contributed by atoms with Gasteiger partial charge in [0, 0.05) is 48.7 Å². The Kier molecular flexibility index (Phi) is 5.81. The Bertz CT molecular complexity index is 1940. The molecule has 2 aromatic carbocycles. The maximum Gasteiger partial charge on any atom is 0.254 e. The standard InChI is InChI=1S/C33H33FN6O3/c1-38-30-24(12-21(14-28(30)43-2)33(42)40-16-20-6-9-25(40)29(20)35)37-32(38)26-13-19-5-8-23(18-7-10-27(41)22(34)11-18)36-31(19)39(26)15-17-3-4-17/h5,7-8,10-14,17,20,25,29,41H,3-4,6,9,15-16,35H2,1-2H3/t20?,25?,29-/m1/s1. The summed E-state index contributed by atoms with van der Waals surface area (Å²) in [7, 11) is 3.58. The summed E-state index contributed by atoms with van der Waals surface area (Å²) in [4.78, 5) is 25.6. The van der Waals surface area contributed by atoms with Crippen LogP contribution >= 0.6 is 0 Å². The van der Waals surface area contributed by atoms with E-state index in [2.05, 4.69) is 10.6 Å². The number of hydrogen-bond donors (Lipinski definition) is 2. The third-order valence-electron chi connectivity index (χ3n) is 9.67. The van der Waals surface area contributed by atoms with Crippen molar-refractivity contribution in [3.63, 3.8) is 0 Å². The Balaban J connectivity index is 1.24. The number of pyridine rings is 1. The van der Waals surface area contributed by atoms with Gasteiger partial charge in [0.2, 0.25) is 0 Å². The zero-order valence-corrected chi connectivity index (χ0v) is 24.1. The molecule has 43 heavy (non-hydrogen) atoms. The van der Waals surface area contributed by atoms with Gasteiger partial charge in [-0.25, -0.2) is 14.4 Å². The van der Waals surface area contributed by atoms with Gasteiger partial charge >= 0.3 is 0 Å². The molecular weight excluding hydrogens is 547 g/mol. The molecule has 3 atom stereocenters. The summed E-state index contributed by atoms with van der Waals surface area (Å²) < 4.78 is 24.2. The Morgan fingerprint density at radius 3 is 2.63 bits per heavy atom. The van der Waals surface area contributed by atoms with E-state index in [1.807, 2.05) is 40.8 Å². The van der Waals surface area contributed by atoms with E-state index in [1.54, 1.807) is 13.2 Å². The van der Waals surface area contributed by atoms with Crippen LogP contribution in [0.15, 0.2) is 48.5 Å². The maximum atomic E-state index is 14.2. The first-order valence-corrected chi connectivity index (χ1v) is 14.9. The number of carbonyl (C=O) groups is 1. The first-order chi connectivity index (χ1) is 20.8. The fourth-order valence-corrected chi connectivity index (χ4v) is 7.15. The molecule has 0 radical (unpaired) electrons. The minimum absolute atomic E-state index is 0.0275. The van der Waals surface area contributed by atoms with Gasteiger partial charge in [-0.2, -0.15) is 0 Å². The van der Waals surface area contributed by atoms with Crippen LogP contribution in [0.25, 0.3) is 44.8 Å². The van der Waals surface area contributed by atoms with Gasteiger partial charge in [0.15, 0.2) is 17.4 Å². The fourth-order valence-electron chi connectivity index (χ4n) is 7.15. The molecule has 2 unspecified atom stereocenters. The number of fused-ring (bicyclic) bond motifs is 4. The molecule has 1 amide bonds. The maximum absolute atomic E-state index is 14.2. The van der Waals surface area contributed by atoms with Crippen LogP contribution < -0.4 is 10.5 Å². The van der Waals surface area contributed by atoms with Crippen molar-refractivity contribution in [1.29, 1.82) is 0 Å². The van der Waals surface area contributed by atoms with Crippen molar-refractivity contribution < 1.29 is 19.0 Å². The van der Waals surface area contributed by atoms with Crippen molar-refractivity contribution in [3.05, 3.63) is 59.9 Å². The largest absolute Gasteiger partial charge is 0.505 e. The number of likely N-dealkylation sites (tertiary alicyclic amines) is 1. The van der Waals surface area contributed by atoms with E-state index in [0.29, 0.717) is 46.5 Å². The van der Waals surface area contributed by atoms with Crippen molar-refractivity contribution in [2.45, 2.75) is 44.3 Å². The number of halogens is 1. The van der Waals surface area contributed by atoms with E-state index >= 15 is 0 Å². The van der Waals surface area contributed by atoms with Crippen LogP contribution in [0.3, 0.4) is 0 Å². The predicted molar refractivity (Wildman–Crippen MR) is 161 cm³/mol. The van der Waals surface area contributed by atoms with Crippen LogP contribution in [0.2, 0.25) is 0 Å². The number of nitrogens with two attached hydrogens (primary N) is 1. The number of piperidine rings is 1. The molecule has 1 saturated heterocycles. The molecule has 5 aromatic rings. The lowest BCUT2D eigenvalue weighted by atomic mass is 10.1. The predicted octanol–water partition coefficient (Wildman–Crippen LogP) is 5.08. The molecule has 3 aliphatic rings. The van der Waals surface area contributed by atoms with Crippen molar-refractivity contribution in [2.24, 2.45) is 24.6 Å². The van der Waals surface area contributed by atoms with Crippen LogP contribution in [-0.4, -0.2) is 60.8 Å². The first-order valence-electron chi connectivity index (χ1n) is 14.9. The zero-order valence-electron chi connectivity index (χ0n) is 24.1. The normalized spacial score (nSPS) is 21.4. The number of hydrogen-bond acceptors (Lipinski definition) is 6. The molecule has 8 rings (SSSR count). The average Bonchev–Trinajstić information content (AvgIpc) is 3.42. The number of phenols is 1. The van der Waals surface area contributed by atoms with Crippen molar-refractivity contribution in [1.82, 2.24) is 24.0 Å². The number of methoxy groups -OCH3 is 1. The molecule has 2 bridgehead atoms. The third kappa shape index (κ3) is 4.11. The number of aromatic hydroxyl groups is 1. The van der Waals surface area contributed by atoms with Crippen LogP contribution in [-0.2, 0) is 13.6 Å². The fraction of sp³-hybridized carbons (Fsp3) is 0.364. The molecular formula is C33H33FN6O3. The van der Waals surface area contributed by atoms with Crippen LogP contribution in [0.5, 0.6) is 11.5 Å². The minimum Gasteiger partial charge on any atom is -0.505 e. The number of imidazole rings is 1. The van der Waals surface area contributed by atoms with E-state index < -0.39 is 5.82 Å². The Morgan fingerprint density at radius 2 is 1.93 bits per heavy atom. The lowest BCUT2D eigenvalue weighted by molar-refractivity contribution is 0.0700. The summed E-state index contributed by atoms with van der Waals surface area (Å²) in [6.45, 7) is 1.49. The molecule has 1 aliphatic heterocycles. The first kappa shape index (κ1) is 26.2.